The first kappa shape index (κ1) is 20.2. The molecule has 2 unspecified atom stereocenters. The molecule has 1 aliphatic carbocycles. The predicted molar refractivity (Wildman–Crippen MR) is 97.8 cm³/mol. The smallest absolute Gasteiger partial charge is 0.321 e. The van der Waals surface area contributed by atoms with E-state index in [4.69, 9.17) is 9.47 Å². The van der Waals surface area contributed by atoms with Gasteiger partial charge in [-0.05, 0) is 43.5 Å². The number of rotatable bonds is 7. The van der Waals surface area contributed by atoms with Gasteiger partial charge in [0.25, 0.3) is 0 Å². The van der Waals surface area contributed by atoms with Crippen LogP contribution < -0.4 is 9.47 Å². The number of methoxy groups -OCH3 is 2. The van der Waals surface area contributed by atoms with E-state index in [2.05, 4.69) is 0 Å². The van der Waals surface area contributed by atoms with Crippen molar-refractivity contribution >= 4 is 23.8 Å². The van der Waals surface area contributed by atoms with Gasteiger partial charge in [-0.25, -0.2) is 0 Å². The Kier molecular flexibility index (Phi) is 5.73. The molecule has 0 heterocycles. The summed E-state index contributed by atoms with van der Waals surface area (Å²) in [4.78, 5) is 36.2. The van der Waals surface area contributed by atoms with Gasteiger partial charge in [-0.2, -0.15) is 0 Å². The van der Waals surface area contributed by atoms with E-state index in [-0.39, 0.29) is 12.8 Å². The molecular weight excluding hydrogens is 352 g/mol. The van der Waals surface area contributed by atoms with Crippen LogP contribution in [0.5, 0.6) is 11.5 Å². The van der Waals surface area contributed by atoms with E-state index in [9.17, 15) is 24.6 Å². The molecule has 0 fully saturated rings. The number of hydrogen-bond acceptors (Lipinski definition) is 5. The van der Waals surface area contributed by atoms with Crippen molar-refractivity contribution in [3.8, 4) is 11.5 Å². The van der Waals surface area contributed by atoms with E-state index in [1.54, 1.807) is 18.2 Å². The fourth-order valence-electron chi connectivity index (χ4n) is 3.13. The zero-order valence-corrected chi connectivity index (χ0v) is 15.4. The molecule has 1 aromatic carbocycles. The van der Waals surface area contributed by atoms with Crippen LogP contribution in [0, 0.1) is 10.8 Å². The summed E-state index contributed by atoms with van der Waals surface area (Å²) >= 11 is 0. The molecule has 0 amide bonds. The number of carbonyl (C=O) groups is 3. The molecule has 0 saturated heterocycles. The number of allylic oxidation sites excluding steroid dienone is 2. The summed E-state index contributed by atoms with van der Waals surface area (Å²) in [5, 5.41) is 19.1. The molecule has 1 aliphatic rings. The van der Waals surface area contributed by atoms with Crippen LogP contribution in [-0.2, 0) is 14.4 Å². The third kappa shape index (κ3) is 3.86. The zero-order valence-electron chi connectivity index (χ0n) is 15.4. The Morgan fingerprint density at radius 1 is 1.07 bits per heavy atom. The Labute approximate surface area is 156 Å². The molecule has 0 saturated carbocycles. The lowest BCUT2D eigenvalue weighted by Gasteiger charge is -2.36. The summed E-state index contributed by atoms with van der Waals surface area (Å²) in [6, 6.07) is 5.00. The molecule has 0 radical (unpaired) electrons. The number of benzene rings is 1. The van der Waals surface area contributed by atoms with Gasteiger partial charge in [0.05, 0.1) is 19.6 Å². The van der Waals surface area contributed by atoms with E-state index in [1.807, 2.05) is 0 Å². The number of ether oxygens (including phenoxy) is 2. The van der Waals surface area contributed by atoms with Crippen LogP contribution in [0.1, 0.15) is 25.3 Å². The lowest BCUT2D eigenvalue weighted by Crippen LogP contribution is -2.45. The minimum absolute atomic E-state index is 0.171. The second kappa shape index (κ2) is 7.65. The molecule has 0 bridgehead atoms. The molecule has 1 aromatic rings. The van der Waals surface area contributed by atoms with Crippen LogP contribution in [0.4, 0.5) is 0 Å². The summed E-state index contributed by atoms with van der Waals surface area (Å²) in [6.45, 7) is 1.45. The first-order chi connectivity index (χ1) is 12.7. The second-order valence-electron chi connectivity index (χ2n) is 6.74. The number of carbonyl (C=O) groups excluding carboxylic acids is 1. The van der Waals surface area contributed by atoms with Crippen LogP contribution >= 0.6 is 0 Å². The monoisotopic (exact) mass is 374 g/mol. The maximum atomic E-state index is 12.8. The molecule has 0 aliphatic heterocycles. The molecule has 7 heteroatoms. The Bertz CT molecular complexity index is 824. The average Bonchev–Trinajstić information content (AvgIpc) is 2.65. The van der Waals surface area contributed by atoms with Gasteiger partial charge in [-0.3, -0.25) is 14.4 Å². The molecule has 0 spiro atoms. The highest BCUT2D eigenvalue weighted by Gasteiger charge is 2.52. The van der Waals surface area contributed by atoms with Crippen molar-refractivity contribution in [2.75, 3.05) is 14.2 Å². The fraction of sp³-hybridized carbons (Fsp3) is 0.350. The third-order valence-corrected chi connectivity index (χ3v) is 4.81. The van der Waals surface area contributed by atoms with Gasteiger partial charge in [0.15, 0.2) is 17.3 Å². The van der Waals surface area contributed by atoms with Crippen LogP contribution in [0.15, 0.2) is 36.4 Å². The Morgan fingerprint density at radius 2 is 1.74 bits per heavy atom. The molecule has 2 atom stereocenters. The van der Waals surface area contributed by atoms with Crippen molar-refractivity contribution in [1.82, 2.24) is 0 Å². The number of ketones is 1. The minimum atomic E-state index is -1.90. The van der Waals surface area contributed by atoms with Gasteiger partial charge in [0.1, 0.15) is 5.41 Å². The van der Waals surface area contributed by atoms with Gasteiger partial charge in [-0.15, -0.1) is 0 Å². The SMILES string of the molecule is COc1ccc(/C=C/C(=O)C2(C(=O)O)C=CCC(C)(C(=O)O)C2)cc1OC. The van der Waals surface area contributed by atoms with E-state index in [0.717, 1.165) is 6.08 Å². The van der Waals surface area contributed by atoms with Crippen molar-refractivity contribution in [1.29, 1.82) is 0 Å². The van der Waals surface area contributed by atoms with E-state index < -0.39 is 28.6 Å². The lowest BCUT2D eigenvalue weighted by atomic mass is 9.64. The van der Waals surface area contributed by atoms with Gasteiger partial charge in [-0.1, -0.05) is 24.3 Å². The topological polar surface area (TPSA) is 110 Å². The standard InChI is InChI=1S/C20H22O7/c1-19(17(22)23)9-4-10-20(12-19,18(24)25)16(21)8-6-13-5-7-14(26-2)15(11-13)27-3/h4-8,10-11H,9,12H2,1-3H3,(H,22,23)(H,24,25)/b8-6+. The Morgan fingerprint density at radius 3 is 2.30 bits per heavy atom. The number of hydrogen-bond donors (Lipinski definition) is 2. The van der Waals surface area contributed by atoms with Crippen molar-refractivity contribution in [2.45, 2.75) is 19.8 Å². The molecule has 144 valence electrons. The summed E-state index contributed by atoms with van der Waals surface area (Å²) in [5.74, 6) is -2.19. The number of aliphatic carboxylic acids is 2. The van der Waals surface area contributed by atoms with Crippen molar-refractivity contribution < 1.29 is 34.1 Å². The molecule has 2 N–H and O–H groups in total. The maximum Gasteiger partial charge on any atom is 0.321 e. The molecular formula is C20H22O7. The van der Waals surface area contributed by atoms with Crippen molar-refractivity contribution in [2.24, 2.45) is 10.8 Å². The molecule has 0 aromatic heterocycles. The van der Waals surface area contributed by atoms with Crippen molar-refractivity contribution in [3.63, 3.8) is 0 Å². The first-order valence-electron chi connectivity index (χ1n) is 8.27. The highest BCUT2D eigenvalue weighted by molar-refractivity contribution is 6.12. The summed E-state index contributed by atoms with van der Waals surface area (Å²) < 4.78 is 10.3. The highest BCUT2D eigenvalue weighted by Crippen LogP contribution is 2.44. The second-order valence-corrected chi connectivity index (χ2v) is 6.74. The lowest BCUT2D eigenvalue weighted by molar-refractivity contribution is -0.157. The van der Waals surface area contributed by atoms with Gasteiger partial charge in [0, 0.05) is 0 Å². The first-order valence-corrected chi connectivity index (χ1v) is 8.27. The van der Waals surface area contributed by atoms with Crippen LogP contribution in [0.25, 0.3) is 6.08 Å². The largest absolute Gasteiger partial charge is 0.493 e. The van der Waals surface area contributed by atoms with Gasteiger partial charge >= 0.3 is 11.9 Å². The number of carboxylic acid groups (broad SMARTS) is 2. The van der Waals surface area contributed by atoms with Gasteiger partial charge < -0.3 is 19.7 Å². The Balaban J connectivity index is 2.35. The van der Waals surface area contributed by atoms with Crippen LogP contribution in [-0.4, -0.2) is 42.2 Å². The van der Waals surface area contributed by atoms with Gasteiger partial charge in [0.2, 0.25) is 0 Å². The predicted octanol–water partition coefficient (Wildman–Crippen LogP) is 2.80. The normalized spacial score (nSPS) is 24.6. The Hall–Kier alpha value is -3.09. The van der Waals surface area contributed by atoms with E-state index in [1.165, 1.54) is 39.4 Å². The average molecular weight is 374 g/mol. The zero-order chi connectivity index (χ0) is 20.2. The fourth-order valence-corrected chi connectivity index (χ4v) is 3.13. The van der Waals surface area contributed by atoms with Crippen molar-refractivity contribution in [3.05, 3.63) is 42.0 Å². The summed E-state index contributed by atoms with van der Waals surface area (Å²) in [5.41, 5.74) is -2.61. The van der Waals surface area contributed by atoms with E-state index >= 15 is 0 Å². The molecule has 2 rings (SSSR count). The molecule has 7 nitrogen and oxygen atoms in total. The summed E-state index contributed by atoms with van der Waals surface area (Å²) in [6.07, 6.45) is 5.23. The third-order valence-electron chi connectivity index (χ3n) is 4.81. The minimum Gasteiger partial charge on any atom is -0.493 e. The van der Waals surface area contributed by atoms with Crippen LogP contribution in [0.2, 0.25) is 0 Å². The van der Waals surface area contributed by atoms with E-state index in [0.29, 0.717) is 17.1 Å². The molecule has 27 heavy (non-hydrogen) atoms. The van der Waals surface area contributed by atoms with Crippen LogP contribution in [0.3, 0.4) is 0 Å². The number of carboxylic acids is 2. The summed E-state index contributed by atoms with van der Waals surface area (Å²) in [7, 11) is 2.98. The highest BCUT2D eigenvalue weighted by atomic mass is 16.5. The quantitative estimate of drug-likeness (QED) is 0.429. The maximum absolute atomic E-state index is 12.8.